The van der Waals surface area contributed by atoms with Gasteiger partial charge < -0.3 is 22.6 Å². The summed E-state index contributed by atoms with van der Waals surface area (Å²) < 4.78 is 26.1. The molecule has 1 rings (SSSR count). The summed E-state index contributed by atoms with van der Waals surface area (Å²) in [6.45, 7) is 4.65. The minimum absolute atomic E-state index is 0.553. The molecule has 0 aliphatic carbocycles. The van der Waals surface area contributed by atoms with Crippen molar-refractivity contribution in [2.75, 3.05) is 52.9 Å². The predicted molar refractivity (Wildman–Crippen MR) is 59.5 cm³/mol. The van der Waals surface area contributed by atoms with Gasteiger partial charge >= 0.3 is 0 Å². The Morgan fingerprint density at radius 1 is 0.467 bits per heavy atom. The van der Waals surface area contributed by atoms with Crippen LogP contribution in [-0.2, 0) is 22.6 Å². The van der Waals surface area contributed by atoms with Crippen LogP contribution in [0, 0.1) is 0 Å². The summed E-state index contributed by atoms with van der Waals surface area (Å²) in [7, 11) is 0. The molecule has 5 nitrogen and oxygen atoms in total. The van der Waals surface area contributed by atoms with E-state index in [1.807, 2.05) is 0 Å². The zero-order chi connectivity index (χ0) is 10.6. The molecule has 1 heterocycles. The van der Waals surface area contributed by atoms with E-state index >= 15 is 0 Å². The zero-order valence-electron chi connectivity index (χ0n) is 8.51. The van der Waals surface area contributed by atoms with E-state index < -0.39 is 0 Å². The van der Waals surface area contributed by atoms with Crippen molar-refractivity contribution >= 4 is 22.1 Å². The summed E-state index contributed by atoms with van der Waals surface area (Å²) in [5, 5.41) is 0. The van der Waals surface area contributed by atoms with Gasteiger partial charge in [-0.05, 0) is 0 Å². The third-order valence-electron chi connectivity index (χ3n) is 1.49. The maximum Gasteiger partial charge on any atom is 0.0926 e. The van der Waals surface area contributed by atoms with Crippen LogP contribution in [0.2, 0.25) is 0 Å². The molecule has 1 aliphatic rings. The van der Waals surface area contributed by atoms with Crippen LogP contribution in [0.1, 0.15) is 0 Å². The summed E-state index contributed by atoms with van der Waals surface area (Å²) in [6, 6.07) is 0. The summed E-state index contributed by atoms with van der Waals surface area (Å²) in [5.74, 6) is 0. The van der Waals surface area contributed by atoms with Gasteiger partial charge in [-0.3, -0.25) is 0 Å². The monoisotopic (exact) mass is 256 g/mol. The molecule has 0 amide bonds. The van der Waals surface area contributed by atoms with E-state index in [1.165, 1.54) is 22.1 Å². The van der Waals surface area contributed by atoms with E-state index in [2.05, 4.69) is 0 Å². The lowest BCUT2D eigenvalue weighted by atomic mass is 10.7. The molecule has 0 aromatic heterocycles. The minimum atomic E-state index is 0.553. The van der Waals surface area contributed by atoms with Gasteiger partial charge in [-0.2, -0.15) is 0 Å². The smallest absolute Gasteiger partial charge is 0.0926 e. The molecule has 1 fully saturated rings. The highest BCUT2D eigenvalue weighted by Crippen LogP contribution is 2.22. The Morgan fingerprint density at radius 2 is 0.800 bits per heavy atom. The van der Waals surface area contributed by atoms with Crippen molar-refractivity contribution in [3.8, 4) is 0 Å². The maximum atomic E-state index is 5.27. The van der Waals surface area contributed by atoms with Crippen molar-refractivity contribution in [3.05, 3.63) is 0 Å². The second-order valence-electron chi connectivity index (χ2n) is 2.62. The van der Waals surface area contributed by atoms with Crippen molar-refractivity contribution in [1.82, 2.24) is 0 Å². The van der Waals surface area contributed by atoms with E-state index in [0.29, 0.717) is 52.9 Å². The van der Waals surface area contributed by atoms with Gasteiger partial charge in [0.1, 0.15) is 0 Å². The fraction of sp³-hybridized carbons (Fsp3) is 1.00. The summed E-state index contributed by atoms with van der Waals surface area (Å²) >= 11 is 2.43. The van der Waals surface area contributed by atoms with Gasteiger partial charge in [0, 0.05) is 0 Å². The van der Waals surface area contributed by atoms with Crippen LogP contribution < -0.4 is 0 Å². The zero-order valence-corrected chi connectivity index (χ0v) is 10.1. The quantitative estimate of drug-likeness (QED) is 0.478. The van der Waals surface area contributed by atoms with Gasteiger partial charge in [0.15, 0.2) is 0 Å². The average Bonchev–Trinajstić information content (AvgIpc) is 2.27. The van der Waals surface area contributed by atoms with Gasteiger partial charge in [0.05, 0.1) is 75.0 Å². The number of hydrogen-bond acceptors (Lipinski definition) is 7. The first-order valence-electron chi connectivity index (χ1n) is 4.81. The Hall–Kier alpha value is 0.500. The molecule has 0 unspecified atom stereocenters. The molecular formula is C8H16O5S2. The van der Waals surface area contributed by atoms with Crippen LogP contribution in [0.4, 0.5) is 0 Å². The first-order chi connectivity index (χ1) is 7.50. The van der Waals surface area contributed by atoms with Crippen molar-refractivity contribution < 1.29 is 22.6 Å². The predicted octanol–water partition coefficient (Wildman–Crippen LogP) is 1.29. The van der Waals surface area contributed by atoms with Gasteiger partial charge in [-0.1, -0.05) is 0 Å². The largest absolute Gasteiger partial charge is 0.377 e. The first kappa shape index (κ1) is 13.6. The van der Waals surface area contributed by atoms with E-state index in [1.54, 1.807) is 0 Å². The van der Waals surface area contributed by atoms with Crippen LogP contribution in [-0.4, -0.2) is 52.9 Å². The highest BCUT2D eigenvalue weighted by Gasteiger charge is 1.96. The van der Waals surface area contributed by atoms with Crippen molar-refractivity contribution in [1.29, 1.82) is 0 Å². The second kappa shape index (κ2) is 11.0. The van der Waals surface area contributed by atoms with Crippen LogP contribution in [0.15, 0.2) is 0 Å². The fourth-order valence-electron chi connectivity index (χ4n) is 0.835. The Morgan fingerprint density at radius 3 is 1.20 bits per heavy atom. The molecule has 7 heteroatoms. The Kier molecular flexibility index (Phi) is 9.95. The normalized spacial score (nSPS) is 24.0. The Bertz CT molecular complexity index is 79.6. The molecule has 1 saturated heterocycles. The molecular weight excluding hydrogens is 240 g/mol. The van der Waals surface area contributed by atoms with E-state index in [9.17, 15) is 0 Å². The summed E-state index contributed by atoms with van der Waals surface area (Å²) in [5.41, 5.74) is 0. The molecule has 0 aromatic carbocycles. The Balaban J connectivity index is 2.01. The van der Waals surface area contributed by atoms with E-state index in [-0.39, 0.29) is 0 Å². The van der Waals surface area contributed by atoms with Gasteiger partial charge in [0.25, 0.3) is 0 Å². The highest BCUT2D eigenvalue weighted by atomic mass is 33.1. The SMILES string of the molecule is C1COCCOSSOCCOCCO1. The van der Waals surface area contributed by atoms with Crippen molar-refractivity contribution in [2.45, 2.75) is 0 Å². The minimum Gasteiger partial charge on any atom is -0.377 e. The van der Waals surface area contributed by atoms with Crippen LogP contribution in [0.5, 0.6) is 0 Å². The fourth-order valence-corrected chi connectivity index (χ4v) is 1.83. The molecule has 15 heavy (non-hydrogen) atoms. The van der Waals surface area contributed by atoms with Gasteiger partial charge in [-0.15, -0.1) is 0 Å². The lowest BCUT2D eigenvalue weighted by Gasteiger charge is -2.05. The first-order valence-corrected chi connectivity index (χ1v) is 6.81. The van der Waals surface area contributed by atoms with Crippen LogP contribution in [0.3, 0.4) is 0 Å². The lowest BCUT2D eigenvalue weighted by molar-refractivity contribution is 0.00737. The molecule has 0 saturated carbocycles. The van der Waals surface area contributed by atoms with E-state index in [0.717, 1.165) is 0 Å². The summed E-state index contributed by atoms with van der Waals surface area (Å²) in [4.78, 5) is 0. The van der Waals surface area contributed by atoms with Crippen molar-refractivity contribution in [2.24, 2.45) is 0 Å². The molecule has 0 spiro atoms. The second-order valence-corrected chi connectivity index (χ2v) is 4.18. The molecule has 0 atom stereocenters. The third kappa shape index (κ3) is 9.43. The average molecular weight is 256 g/mol. The van der Waals surface area contributed by atoms with Crippen LogP contribution in [0.25, 0.3) is 0 Å². The molecule has 0 bridgehead atoms. The molecule has 0 N–H and O–H groups in total. The number of hydrogen-bond donors (Lipinski definition) is 0. The lowest BCUT2D eigenvalue weighted by Crippen LogP contribution is -2.11. The number of rotatable bonds is 0. The maximum absolute atomic E-state index is 5.27. The van der Waals surface area contributed by atoms with Crippen molar-refractivity contribution in [3.63, 3.8) is 0 Å². The van der Waals surface area contributed by atoms with E-state index in [4.69, 9.17) is 22.6 Å². The molecule has 90 valence electrons. The third-order valence-corrected chi connectivity index (χ3v) is 2.82. The number of ether oxygens (including phenoxy) is 3. The Labute approximate surface area is 97.9 Å². The molecule has 0 radical (unpaired) electrons. The van der Waals surface area contributed by atoms with Gasteiger partial charge in [-0.25, -0.2) is 0 Å². The molecule has 0 aromatic rings. The highest BCUT2D eigenvalue weighted by molar-refractivity contribution is 8.73. The van der Waals surface area contributed by atoms with Crippen LogP contribution >= 0.6 is 22.1 Å². The summed E-state index contributed by atoms with van der Waals surface area (Å²) in [6.07, 6.45) is 0. The standard InChI is InChI=1S/C8H16O5S2/c1-3-10-5-7-12-14-15-13-8-6-11-4-2-9-1/h1-8H2. The van der Waals surface area contributed by atoms with Gasteiger partial charge in [0.2, 0.25) is 0 Å². The molecule has 1 aliphatic heterocycles. The topological polar surface area (TPSA) is 46.2 Å².